The van der Waals surface area contributed by atoms with E-state index in [1.807, 2.05) is 12.2 Å². The molecule has 1 fully saturated rings. The quantitative estimate of drug-likeness (QED) is 0.588. The summed E-state index contributed by atoms with van der Waals surface area (Å²) in [5, 5.41) is 0. The van der Waals surface area contributed by atoms with Crippen molar-refractivity contribution in [1.82, 2.24) is 4.90 Å². The molecule has 1 aliphatic heterocycles. The van der Waals surface area contributed by atoms with Gasteiger partial charge in [-0.1, -0.05) is 62.8 Å². The van der Waals surface area contributed by atoms with Gasteiger partial charge >= 0.3 is 0 Å². The Labute approximate surface area is 125 Å². The number of hydrogen-bond donors (Lipinski definition) is 0. The van der Waals surface area contributed by atoms with Gasteiger partial charge in [-0.15, -0.1) is 0 Å². The highest BCUT2D eigenvalue weighted by molar-refractivity contribution is 5.41. The molecule has 0 amide bonds. The molecule has 0 radical (unpaired) electrons. The summed E-state index contributed by atoms with van der Waals surface area (Å²) in [7, 11) is 0. The second kappa shape index (κ2) is 9.41. The monoisotopic (exact) mass is 271 g/mol. The molecule has 20 heavy (non-hydrogen) atoms. The SMILES string of the molecule is C=C\C=C/C(=C\C)C(=C/C)/N1CCCCCCCC1=C. The van der Waals surface area contributed by atoms with Crippen LogP contribution in [0.25, 0.3) is 0 Å². The molecule has 0 aliphatic carbocycles. The average molecular weight is 271 g/mol. The second-order valence-corrected chi connectivity index (χ2v) is 5.25. The minimum absolute atomic E-state index is 1.08. The molecule has 110 valence electrons. The molecule has 0 spiro atoms. The van der Waals surface area contributed by atoms with Crippen LogP contribution in [0, 0.1) is 0 Å². The van der Waals surface area contributed by atoms with Gasteiger partial charge in [0, 0.05) is 17.9 Å². The van der Waals surface area contributed by atoms with Gasteiger partial charge in [-0.05, 0) is 38.7 Å². The van der Waals surface area contributed by atoms with Gasteiger partial charge in [-0.2, -0.15) is 0 Å². The molecule has 1 nitrogen and oxygen atoms in total. The summed E-state index contributed by atoms with van der Waals surface area (Å²) >= 11 is 0. The van der Waals surface area contributed by atoms with Crippen LogP contribution in [0.1, 0.15) is 52.4 Å². The summed E-state index contributed by atoms with van der Waals surface area (Å²) < 4.78 is 0. The Hall–Kier alpha value is -1.50. The summed E-state index contributed by atoms with van der Waals surface area (Å²) in [6.07, 6.45) is 18.0. The van der Waals surface area contributed by atoms with Crippen molar-refractivity contribution in [3.63, 3.8) is 0 Å². The van der Waals surface area contributed by atoms with E-state index in [1.54, 1.807) is 0 Å². The van der Waals surface area contributed by atoms with Crippen LogP contribution in [-0.4, -0.2) is 11.4 Å². The van der Waals surface area contributed by atoms with Crippen LogP contribution in [0.4, 0.5) is 0 Å². The predicted octanol–water partition coefficient (Wildman–Crippen LogP) is 5.75. The molecule has 1 heterocycles. The molecule has 1 heteroatoms. The van der Waals surface area contributed by atoms with Crippen molar-refractivity contribution in [3.05, 3.63) is 60.5 Å². The first-order chi connectivity index (χ1) is 9.74. The zero-order chi connectivity index (χ0) is 14.8. The molecule has 1 saturated heterocycles. The Kier molecular flexibility index (Phi) is 7.79. The van der Waals surface area contributed by atoms with Gasteiger partial charge in [0.1, 0.15) is 0 Å². The third-order valence-electron chi connectivity index (χ3n) is 3.81. The summed E-state index contributed by atoms with van der Waals surface area (Å²) in [6.45, 7) is 13.4. The highest BCUT2D eigenvalue weighted by Gasteiger charge is 2.15. The van der Waals surface area contributed by atoms with Crippen molar-refractivity contribution in [3.8, 4) is 0 Å². The van der Waals surface area contributed by atoms with Gasteiger partial charge in [0.05, 0.1) is 0 Å². The van der Waals surface area contributed by atoms with E-state index in [0.717, 1.165) is 13.0 Å². The van der Waals surface area contributed by atoms with Crippen molar-refractivity contribution in [2.24, 2.45) is 0 Å². The fourth-order valence-electron chi connectivity index (χ4n) is 2.69. The molecule has 0 unspecified atom stereocenters. The van der Waals surface area contributed by atoms with Gasteiger partial charge in [-0.25, -0.2) is 0 Å². The number of nitrogens with zero attached hydrogens (tertiary/aromatic N) is 1. The Bertz CT molecular complexity index is 409. The zero-order valence-corrected chi connectivity index (χ0v) is 13.2. The van der Waals surface area contributed by atoms with Crippen LogP contribution in [-0.2, 0) is 0 Å². The van der Waals surface area contributed by atoms with E-state index in [2.05, 4.69) is 50.1 Å². The zero-order valence-electron chi connectivity index (χ0n) is 13.2. The Morgan fingerprint density at radius 1 is 1.05 bits per heavy atom. The lowest BCUT2D eigenvalue weighted by molar-refractivity contribution is 0.412. The smallest absolute Gasteiger partial charge is 0.0434 e. The maximum Gasteiger partial charge on any atom is 0.0434 e. The van der Waals surface area contributed by atoms with E-state index >= 15 is 0 Å². The molecular weight excluding hydrogens is 242 g/mol. The van der Waals surface area contributed by atoms with E-state index in [-0.39, 0.29) is 0 Å². The van der Waals surface area contributed by atoms with E-state index in [0.29, 0.717) is 0 Å². The first-order valence-electron chi connectivity index (χ1n) is 7.82. The third kappa shape index (κ3) is 4.88. The van der Waals surface area contributed by atoms with Crippen molar-refractivity contribution >= 4 is 0 Å². The standard InChI is InChI=1S/C19H29N/c1-5-8-15-18(6-2)19(7-3)20-16-13-11-9-10-12-14-17(20)4/h5-8,15H,1,4,9-14,16H2,2-3H3/b15-8-,18-6+,19-7-. The molecule has 0 aromatic carbocycles. The molecule has 0 bridgehead atoms. The fourth-order valence-corrected chi connectivity index (χ4v) is 2.69. The third-order valence-corrected chi connectivity index (χ3v) is 3.81. The summed E-state index contributed by atoms with van der Waals surface area (Å²) in [5.41, 5.74) is 3.77. The summed E-state index contributed by atoms with van der Waals surface area (Å²) in [6, 6.07) is 0. The lowest BCUT2D eigenvalue weighted by Crippen LogP contribution is -2.24. The minimum atomic E-state index is 1.08. The normalized spacial score (nSPS) is 19.7. The van der Waals surface area contributed by atoms with Crippen LogP contribution in [0.15, 0.2) is 60.5 Å². The minimum Gasteiger partial charge on any atom is -0.346 e. The van der Waals surface area contributed by atoms with Crippen LogP contribution in [0.5, 0.6) is 0 Å². The maximum absolute atomic E-state index is 4.32. The Balaban J connectivity index is 2.96. The van der Waals surface area contributed by atoms with Gasteiger partial charge in [0.2, 0.25) is 0 Å². The topological polar surface area (TPSA) is 3.24 Å². The summed E-state index contributed by atoms with van der Waals surface area (Å²) in [4.78, 5) is 2.41. The molecule has 0 atom stereocenters. The van der Waals surface area contributed by atoms with Crippen molar-refractivity contribution < 1.29 is 0 Å². The molecule has 1 rings (SSSR count). The van der Waals surface area contributed by atoms with Gasteiger partial charge in [0.25, 0.3) is 0 Å². The van der Waals surface area contributed by atoms with E-state index in [4.69, 9.17) is 0 Å². The first kappa shape index (κ1) is 16.6. The van der Waals surface area contributed by atoms with Crippen molar-refractivity contribution in [2.75, 3.05) is 6.54 Å². The number of rotatable bonds is 4. The van der Waals surface area contributed by atoms with Gasteiger partial charge in [-0.3, -0.25) is 0 Å². The number of hydrogen-bond acceptors (Lipinski definition) is 1. The van der Waals surface area contributed by atoms with E-state index in [9.17, 15) is 0 Å². The number of allylic oxidation sites excluding steroid dienone is 6. The highest BCUT2D eigenvalue weighted by Crippen LogP contribution is 2.26. The van der Waals surface area contributed by atoms with Crippen LogP contribution in [0.3, 0.4) is 0 Å². The predicted molar refractivity (Wildman–Crippen MR) is 90.4 cm³/mol. The molecular formula is C19H29N. The maximum atomic E-state index is 4.32. The lowest BCUT2D eigenvalue weighted by Gasteiger charge is -2.30. The lowest BCUT2D eigenvalue weighted by atomic mass is 10.1. The van der Waals surface area contributed by atoms with Gasteiger partial charge < -0.3 is 4.90 Å². The van der Waals surface area contributed by atoms with Crippen molar-refractivity contribution in [1.29, 1.82) is 0 Å². The van der Waals surface area contributed by atoms with Crippen LogP contribution < -0.4 is 0 Å². The Morgan fingerprint density at radius 3 is 2.40 bits per heavy atom. The second-order valence-electron chi connectivity index (χ2n) is 5.25. The van der Waals surface area contributed by atoms with E-state index in [1.165, 1.54) is 49.1 Å². The van der Waals surface area contributed by atoms with Crippen LogP contribution in [0.2, 0.25) is 0 Å². The largest absolute Gasteiger partial charge is 0.346 e. The summed E-state index contributed by atoms with van der Waals surface area (Å²) in [5.74, 6) is 0. The van der Waals surface area contributed by atoms with Crippen LogP contribution >= 0.6 is 0 Å². The highest BCUT2D eigenvalue weighted by atomic mass is 15.1. The molecule has 0 N–H and O–H groups in total. The fraction of sp³-hybridized carbons (Fsp3) is 0.474. The van der Waals surface area contributed by atoms with Crippen molar-refractivity contribution in [2.45, 2.75) is 52.4 Å². The molecule has 0 aromatic rings. The van der Waals surface area contributed by atoms with Gasteiger partial charge in [0.15, 0.2) is 0 Å². The molecule has 0 saturated carbocycles. The average Bonchev–Trinajstić information content (AvgIpc) is 2.56. The Morgan fingerprint density at radius 2 is 1.75 bits per heavy atom. The first-order valence-corrected chi connectivity index (χ1v) is 7.82. The molecule has 1 aliphatic rings. The van der Waals surface area contributed by atoms with E-state index < -0.39 is 0 Å². The molecule has 0 aromatic heterocycles.